The first-order valence-corrected chi connectivity index (χ1v) is 4.25. The molecule has 0 N–H and O–H groups in total. The van der Waals surface area contributed by atoms with E-state index in [4.69, 9.17) is 0 Å². The zero-order chi connectivity index (χ0) is 8.04. The van der Waals surface area contributed by atoms with E-state index in [1.54, 1.807) is 0 Å². The van der Waals surface area contributed by atoms with Gasteiger partial charge in [0.05, 0.1) is 6.61 Å². The van der Waals surface area contributed by atoms with Crippen molar-refractivity contribution in [2.45, 2.75) is 0 Å². The average molecular weight is 235 g/mol. The molecule has 0 aliphatic heterocycles. The highest BCUT2D eigenvalue weighted by Crippen LogP contribution is 2.51. The Labute approximate surface area is 65.9 Å². The summed E-state index contributed by atoms with van der Waals surface area (Å²) in [6, 6.07) is 0. The fraction of sp³-hybridized carbons (Fsp3) is 0.333. The molecule has 0 fully saturated rings. The van der Waals surface area contributed by atoms with Crippen molar-refractivity contribution in [3.05, 3.63) is 12.7 Å². The zero-order valence-electron chi connectivity index (χ0n) is 4.83. The normalized spacial score (nSPS) is 16.2. The summed E-state index contributed by atoms with van der Waals surface area (Å²) in [6.07, 6.45) is 1.28. The van der Waals surface area contributed by atoms with E-state index < -0.39 is 7.82 Å². The molecule has 0 rings (SSSR count). The average Bonchev–Trinajstić information content (AvgIpc) is 2.00. The maximum atomic E-state index is 11.3. The summed E-state index contributed by atoms with van der Waals surface area (Å²) in [5.74, 6) is 0. The van der Waals surface area contributed by atoms with E-state index in [0.29, 0.717) is 0 Å². The molecule has 0 amide bonds. The van der Waals surface area contributed by atoms with Gasteiger partial charge >= 0.3 is 7.82 Å². The summed E-state index contributed by atoms with van der Waals surface area (Å²) in [4.78, 5) is 0. The topological polar surface area (TPSA) is 44.8 Å². The Kier molecular flexibility index (Phi) is 5.11. The van der Waals surface area contributed by atoms with Crippen LogP contribution in [0.1, 0.15) is 0 Å². The molecule has 0 spiro atoms. The lowest BCUT2D eigenvalue weighted by Gasteiger charge is -2.05. The van der Waals surface area contributed by atoms with E-state index >= 15 is 0 Å². The lowest BCUT2D eigenvalue weighted by Crippen LogP contribution is -1.89. The third kappa shape index (κ3) is 3.43. The Morgan fingerprint density at radius 1 is 1.80 bits per heavy atom. The Hall–Kier alpha value is 0.260. The molecule has 1 atom stereocenters. The second kappa shape index (κ2) is 4.98. The molecule has 1 unspecified atom stereocenters. The Balaban J connectivity index is 3.81. The zero-order valence-corrected chi connectivity index (χ0v) is 7.31. The van der Waals surface area contributed by atoms with Gasteiger partial charge in [0.2, 0.25) is 0 Å². The number of hydrogen-bond donors (Lipinski definition) is 0. The van der Waals surface area contributed by atoms with Gasteiger partial charge in [0.1, 0.15) is 16.3 Å². The lowest BCUT2D eigenvalue weighted by molar-refractivity contribution is -0.0405. The lowest BCUT2D eigenvalue weighted by atomic mass is 10.7. The molecular formula is C3H5BrFO4P. The molecule has 0 aliphatic rings. The Morgan fingerprint density at radius 2 is 2.40 bits per heavy atom. The van der Waals surface area contributed by atoms with Crippen molar-refractivity contribution < 1.29 is 22.0 Å². The summed E-state index contributed by atoms with van der Waals surface area (Å²) in [6.45, 7) is 3.12. The van der Waals surface area contributed by atoms with Crippen molar-refractivity contribution in [1.82, 2.24) is 0 Å². The first-order chi connectivity index (χ1) is 4.68. The summed E-state index contributed by atoms with van der Waals surface area (Å²) in [5, 5.41) is 0. The fourth-order valence-electron chi connectivity index (χ4n) is 0.194. The number of phosphoric acid groups is 1. The van der Waals surface area contributed by atoms with Gasteiger partial charge in [-0.3, -0.25) is 4.52 Å². The van der Waals surface area contributed by atoms with Crippen LogP contribution in [0.4, 0.5) is 4.53 Å². The minimum atomic E-state index is -4.02. The monoisotopic (exact) mass is 234 g/mol. The highest BCUT2D eigenvalue weighted by atomic mass is 79.9. The van der Waals surface area contributed by atoms with Crippen LogP contribution in [0.3, 0.4) is 0 Å². The van der Waals surface area contributed by atoms with Gasteiger partial charge in [0.15, 0.2) is 0 Å². The summed E-state index contributed by atoms with van der Waals surface area (Å²) >= 11 is 2.27. The highest BCUT2D eigenvalue weighted by molar-refractivity contribution is 9.06. The van der Waals surface area contributed by atoms with Crippen LogP contribution in [0.25, 0.3) is 0 Å². The third-order valence-corrected chi connectivity index (χ3v) is 2.39. The van der Waals surface area contributed by atoms with Gasteiger partial charge in [0, 0.05) is 0 Å². The van der Waals surface area contributed by atoms with Crippen LogP contribution in [0.15, 0.2) is 12.7 Å². The van der Waals surface area contributed by atoms with Crippen molar-refractivity contribution in [3.63, 3.8) is 0 Å². The Bertz CT molecular complexity index is 143. The van der Waals surface area contributed by atoms with Crippen LogP contribution in [0.2, 0.25) is 0 Å². The van der Waals surface area contributed by atoms with E-state index in [-0.39, 0.29) is 6.61 Å². The SMILES string of the molecule is C=CCOP(=O)(OF)OBr. The molecule has 0 aliphatic carbocycles. The predicted octanol–water partition coefficient (Wildman–Crippen LogP) is 2.52. The number of halogens is 2. The molecule has 60 valence electrons. The molecule has 0 bridgehead atoms. The molecule has 0 heterocycles. The smallest absolute Gasteiger partial charge is 0.280 e. The first kappa shape index (κ1) is 10.3. The third-order valence-electron chi connectivity index (χ3n) is 0.520. The fourth-order valence-corrected chi connectivity index (χ4v) is 0.968. The molecule has 10 heavy (non-hydrogen) atoms. The van der Waals surface area contributed by atoms with Gasteiger partial charge in [-0.25, -0.2) is 8.18 Å². The summed E-state index contributed by atoms with van der Waals surface area (Å²) in [7, 11) is -4.02. The van der Waals surface area contributed by atoms with Crippen molar-refractivity contribution in [2.24, 2.45) is 0 Å². The first-order valence-electron chi connectivity index (χ1n) is 2.14. The standard InChI is InChI=1S/C3H5BrFO4P/c1-2-3-7-10(6,8-4)9-5/h2H,1,3H2. The van der Waals surface area contributed by atoms with Gasteiger partial charge in [-0.2, -0.15) is 0 Å². The summed E-state index contributed by atoms with van der Waals surface area (Å²) in [5.41, 5.74) is 0. The second-order valence-corrected chi connectivity index (χ2v) is 3.47. The van der Waals surface area contributed by atoms with E-state index in [1.807, 2.05) is 0 Å². The molecule has 0 aromatic heterocycles. The second-order valence-electron chi connectivity index (χ2n) is 1.17. The van der Waals surface area contributed by atoms with E-state index in [1.165, 1.54) is 6.08 Å². The van der Waals surface area contributed by atoms with Crippen LogP contribution in [-0.4, -0.2) is 6.61 Å². The van der Waals surface area contributed by atoms with Crippen molar-refractivity contribution >= 4 is 24.1 Å². The van der Waals surface area contributed by atoms with E-state index in [2.05, 4.69) is 35.7 Å². The van der Waals surface area contributed by atoms with Crippen LogP contribution in [0, 0.1) is 0 Å². The van der Waals surface area contributed by atoms with Crippen molar-refractivity contribution in [3.8, 4) is 0 Å². The molecule has 0 aromatic carbocycles. The van der Waals surface area contributed by atoms with Gasteiger partial charge in [-0.1, -0.05) is 10.8 Å². The molecule has 0 aromatic rings. The highest BCUT2D eigenvalue weighted by Gasteiger charge is 2.26. The number of hydrogen-bond acceptors (Lipinski definition) is 4. The van der Waals surface area contributed by atoms with Crippen LogP contribution >= 0.6 is 24.1 Å². The van der Waals surface area contributed by atoms with E-state index in [0.717, 1.165) is 0 Å². The van der Waals surface area contributed by atoms with Crippen LogP contribution < -0.4 is 0 Å². The van der Waals surface area contributed by atoms with Crippen molar-refractivity contribution in [2.75, 3.05) is 6.61 Å². The molecule has 0 radical (unpaired) electrons. The minimum absolute atomic E-state index is 0.118. The molecule has 0 saturated carbocycles. The molecular weight excluding hydrogens is 230 g/mol. The molecule has 4 nitrogen and oxygen atoms in total. The van der Waals surface area contributed by atoms with Crippen LogP contribution in [-0.2, 0) is 17.4 Å². The quantitative estimate of drug-likeness (QED) is 0.542. The van der Waals surface area contributed by atoms with Gasteiger partial charge < -0.3 is 0 Å². The van der Waals surface area contributed by atoms with Gasteiger partial charge in [-0.15, -0.1) is 6.58 Å². The number of rotatable bonds is 5. The molecule has 7 heteroatoms. The van der Waals surface area contributed by atoms with E-state index in [9.17, 15) is 9.09 Å². The van der Waals surface area contributed by atoms with Gasteiger partial charge in [0.25, 0.3) is 0 Å². The largest absolute Gasteiger partial charge is 0.517 e. The maximum absolute atomic E-state index is 11.3. The Morgan fingerprint density at radius 3 is 2.70 bits per heavy atom. The van der Waals surface area contributed by atoms with Crippen LogP contribution in [0.5, 0.6) is 0 Å². The summed E-state index contributed by atoms with van der Waals surface area (Å²) < 4.78 is 32.9. The molecule has 0 saturated heterocycles. The van der Waals surface area contributed by atoms with Crippen molar-refractivity contribution in [1.29, 1.82) is 0 Å². The minimum Gasteiger partial charge on any atom is -0.280 e. The predicted molar refractivity (Wildman–Crippen MR) is 36.0 cm³/mol. The maximum Gasteiger partial charge on any atom is 0.517 e. The van der Waals surface area contributed by atoms with Gasteiger partial charge in [-0.05, 0) is 4.53 Å².